The van der Waals surface area contributed by atoms with E-state index in [0.29, 0.717) is 0 Å². The highest BCUT2D eigenvalue weighted by Crippen LogP contribution is 2.23. The lowest BCUT2D eigenvalue weighted by molar-refractivity contribution is -0.136. The van der Waals surface area contributed by atoms with E-state index in [2.05, 4.69) is 0 Å². The predicted molar refractivity (Wildman–Crippen MR) is 59.4 cm³/mol. The molecule has 0 aliphatic heterocycles. The third-order valence-corrected chi connectivity index (χ3v) is 2.60. The fraction of sp³-hybridized carbons (Fsp3) is 0.364. The standard InChI is InChI=1S/C11H12ClFO4/c12-5-9(14)11(17)8-2-1-7(13)3-6(8)4-10(15)16/h1-3,9,11,14,17H,4-5H2,(H,15,16). The highest BCUT2D eigenvalue weighted by atomic mass is 35.5. The molecule has 3 N–H and O–H groups in total. The number of benzene rings is 1. The lowest BCUT2D eigenvalue weighted by Gasteiger charge is -2.18. The summed E-state index contributed by atoms with van der Waals surface area (Å²) >= 11 is 5.39. The van der Waals surface area contributed by atoms with E-state index in [4.69, 9.17) is 16.7 Å². The minimum absolute atomic E-state index is 0.120. The Bertz CT molecular complexity index is 410. The number of aliphatic carboxylic acids is 1. The molecule has 6 heteroatoms. The summed E-state index contributed by atoms with van der Waals surface area (Å²) in [5.74, 6) is -1.95. The maximum atomic E-state index is 13.0. The average Bonchev–Trinajstić information content (AvgIpc) is 2.26. The van der Waals surface area contributed by atoms with Crippen molar-refractivity contribution >= 4 is 17.6 Å². The summed E-state index contributed by atoms with van der Waals surface area (Å²) in [6, 6.07) is 3.35. The molecule has 0 bridgehead atoms. The number of hydrogen-bond donors (Lipinski definition) is 3. The number of carbonyl (C=O) groups is 1. The van der Waals surface area contributed by atoms with Crippen LogP contribution in [0.1, 0.15) is 17.2 Å². The van der Waals surface area contributed by atoms with Crippen molar-refractivity contribution in [3.63, 3.8) is 0 Å². The van der Waals surface area contributed by atoms with Crippen molar-refractivity contribution in [2.24, 2.45) is 0 Å². The lowest BCUT2D eigenvalue weighted by atomic mass is 9.97. The van der Waals surface area contributed by atoms with Gasteiger partial charge in [0.2, 0.25) is 0 Å². The first-order valence-corrected chi connectivity index (χ1v) is 5.41. The number of carboxylic acid groups (broad SMARTS) is 1. The van der Waals surface area contributed by atoms with Gasteiger partial charge in [0.25, 0.3) is 0 Å². The zero-order chi connectivity index (χ0) is 13.0. The van der Waals surface area contributed by atoms with Crippen molar-refractivity contribution in [1.82, 2.24) is 0 Å². The van der Waals surface area contributed by atoms with E-state index in [1.807, 2.05) is 0 Å². The molecule has 1 aromatic rings. The number of halogens is 2. The largest absolute Gasteiger partial charge is 0.481 e. The molecule has 0 saturated heterocycles. The number of alkyl halides is 1. The van der Waals surface area contributed by atoms with Crippen LogP contribution in [0.15, 0.2) is 18.2 Å². The summed E-state index contributed by atoms with van der Waals surface area (Å²) in [5, 5.41) is 27.8. The summed E-state index contributed by atoms with van der Waals surface area (Å²) < 4.78 is 13.0. The number of rotatable bonds is 5. The SMILES string of the molecule is O=C(O)Cc1cc(F)ccc1C(O)C(O)CCl. The monoisotopic (exact) mass is 262 g/mol. The molecule has 0 saturated carbocycles. The third kappa shape index (κ3) is 3.66. The van der Waals surface area contributed by atoms with Crippen LogP contribution in [0.3, 0.4) is 0 Å². The van der Waals surface area contributed by atoms with Crippen molar-refractivity contribution in [3.8, 4) is 0 Å². The Balaban J connectivity index is 3.09. The summed E-state index contributed by atoms with van der Waals surface area (Å²) in [6.45, 7) is 0. The van der Waals surface area contributed by atoms with Crippen molar-refractivity contribution in [2.75, 3.05) is 5.88 Å². The molecule has 4 nitrogen and oxygen atoms in total. The molecule has 17 heavy (non-hydrogen) atoms. The van der Waals surface area contributed by atoms with Gasteiger partial charge < -0.3 is 15.3 Å². The Morgan fingerprint density at radius 1 is 1.41 bits per heavy atom. The second-order valence-electron chi connectivity index (χ2n) is 3.58. The zero-order valence-electron chi connectivity index (χ0n) is 8.81. The molecule has 1 aromatic carbocycles. The van der Waals surface area contributed by atoms with Crippen LogP contribution in [-0.2, 0) is 11.2 Å². The molecular weight excluding hydrogens is 251 g/mol. The van der Waals surface area contributed by atoms with Crippen molar-refractivity contribution in [2.45, 2.75) is 18.6 Å². The first-order valence-electron chi connectivity index (χ1n) is 4.88. The first-order chi connectivity index (χ1) is 7.95. The smallest absolute Gasteiger partial charge is 0.307 e. The van der Waals surface area contributed by atoms with E-state index >= 15 is 0 Å². The topological polar surface area (TPSA) is 77.8 Å². The number of carboxylic acids is 1. The quantitative estimate of drug-likeness (QED) is 0.694. The predicted octanol–water partition coefficient (Wildman–Crippen LogP) is 1.09. The number of aliphatic hydroxyl groups excluding tert-OH is 2. The molecule has 0 aliphatic carbocycles. The maximum Gasteiger partial charge on any atom is 0.307 e. The minimum atomic E-state index is -1.33. The molecule has 2 unspecified atom stereocenters. The Hall–Kier alpha value is -1.17. The van der Waals surface area contributed by atoms with E-state index in [9.17, 15) is 19.4 Å². The van der Waals surface area contributed by atoms with E-state index in [0.717, 1.165) is 12.1 Å². The van der Waals surface area contributed by atoms with Crippen molar-refractivity contribution in [1.29, 1.82) is 0 Å². The molecule has 2 atom stereocenters. The van der Waals surface area contributed by atoms with Crippen molar-refractivity contribution in [3.05, 3.63) is 35.1 Å². The fourth-order valence-electron chi connectivity index (χ4n) is 1.47. The molecule has 0 aromatic heterocycles. The summed E-state index contributed by atoms with van der Waals surface area (Å²) in [5.41, 5.74) is 0.288. The molecule has 0 fully saturated rings. The van der Waals surface area contributed by atoms with Crippen molar-refractivity contribution < 1.29 is 24.5 Å². The van der Waals surface area contributed by atoms with E-state index in [1.54, 1.807) is 0 Å². The molecule has 1 rings (SSSR count). The van der Waals surface area contributed by atoms with Gasteiger partial charge in [0.05, 0.1) is 18.4 Å². The van der Waals surface area contributed by atoms with Gasteiger partial charge >= 0.3 is 5.97 Å². The van der Waals surface area contributed by atoms with E-state index in [1.165, 1.54) is 6.07 Å². The Labute approximate surface area is 102 Å². The van der Waals surface area contributed by atoms with Crippen LogP contribution in [0.4, 0.5) is 4.39 Å². The second-order valence-corrected chi connectivity index (χ2v) is 3.89. The van der Waals surface area contributed by atoms with Gasteiger partial charge in [-0.25, -0.2) is 4.39 Å². The van der Waals surface area contributed by atoms with Crippen LogP contribution in [0.5, 0.6) is 0 Å². The highest BCUT2D eigenvalue weighted by Gasteiger charge is 2.21. The van der Waals surface area contributed by atoms with E-state index < -0.39 is 30.4 Å². The molecule has 0 amide bonds. The van der Waals surface area contributed by atoms with Crippen LogP contribution >= 0.6 is 11.6 Å². The molecule has 0 heterocycles. The Morgan fingerprint density at radius 2 is 2.06 bits per heavy atom. The normalized spacial score (nSPS) is 14.4. The van der Waals surface area contributed by atoms with Gasteiger partial charge in [-0.3, -0.25) is 4.79 Å². The van der Waals surface area contributed by atoms with Gasteiger partial charge in [-0.1, -0.05) is 6.07 Å². The van der Waals surface area contributed by atoms with Crippen LogP contribution < -0.4 is 0 Å². The third-order valence-electron chi connectivity index (χ3n) is 2.29. The van der Waals surface area contributed by atoms with Gasteiger partial charge in [-0.2, -0.15) is 0 Å². The van der Waals surface area contributed by atoms with Gasteiger partial charge in [0.1, 0.15) is 11.9 Å². The molecule has 94 valence electrons. The summed E-state index contributed by atoms with van der Waals surface area (Å²) in [4.78, 5) is 10.6. The van der Waals surface area contributed by atoms with Crippen LogP contribution in [0.2, 0.25) is 0 Å². The second kappa shape index (κ2) is 5.95. The fourth-order valence-corrected chi connectivity index (χ4v) is 1.64. The average molecular weight is 263 g/mol. The molecular formula is C11H12ClFO4. The highest BCUT2D eigenvalue weighted by molar-refractivity contribution is 6.18. The van der Waals surface area contributed by atoms with E-state index in [-0.39, 0.29) is 17.0 Å². The minimum Gasteiger partial charge on any atom is -0.481 e. The Morgan fingerprint density at radius 3 is 2.59 bits per heavy atom. The number of hydrogen-bond acceptors (Lipinski definition) is 3. The first kappa shape index (κ1) is 13.9. The van der Waals surface area contributed by atoms with Gasteiger partial charge in [-0.05, 0) is 23.3 Å². The molecule has 0 spiro atoms. The molecule has 0 aliphatic rings. The Kier molecular flexibility index (Phi) is 4.86. The van der Waals surface area contributed by atoms with Crippen LogP contribution in [-0.4, -0.2) is 33.3 Å². The summed E-state index contributed by atoms with van der Waals surface area (Å²) in [6.07, 6.45) is -2.99. The lowest BCUT2D eigenvalue weighted by Crippen LogP contribution is -2.21. The maximum absolute atomic E-state index is 13.0. The van der Waals surface area contributed by atoms with Gasteiger partial charge in [0.15, 0.2) is 0 Å². The number of aliphatic hydroxyl groups is 2. The summed E-state index contributed by atoms with van der Waals surface area (Å²) in [7, 11) is 0. The van der Waals surface area contributed by atoms with Crippen LogP contribution in [0, 0.1) is 5.82 Å². The van der Waals surface area contributed by atoms with Gasteiger partial charge in [0, 0.05) is 0 Å². The molecule has 0 radical (unpaired) electrons. The van der Waals surface area contributed by atoms with Gasteiger partial charge in [-0.15, -0.1) is 11.6 Å². The van der Waals surface area contributed by atoms with Crippen LogP contribution in [0.25, 0.3) is 0 Å². The zero-order valence-corrected chi connectivity index (χ0v) is 9.56.